The lowest BCUT2D eigenvalue weighted by Crippen LogP contribution is -2.44. The Kier molecular flexibility index (Phi) is 7.99. The van der Waals surface area contributed by atoms with Crippen molar-refractivity contribution in [2.24, 2.45) is 11.7 Å². The third kappa shape index (κ3) is 6.31. The Balaban J connectivity index is 0.00000101. The van der Waals surface area contributed by atoms with Crippen LogP contribution in [0.15, 0.2) is 30.3 Å². The molecule has 10 heteroatoms. The molecule has 2 heterocycles. The molecular formula is C20H25F3N4O3. The van der Waals surface area contributed by atoms with Crippen molar-refractivity contribution in [2.75, 3.05) is 13.1 Å². The van der Waals surface area contributed by atoms with Crippen molar-refractivity contribution in [1.82, 2.24) is 15.1 Å². The van der Waals surface area contributed by atoms with E-state index in [-0.39, 0.29) is 24.1 Å². The molecule has 1 aliphatic rings. The molecule has 1 unspecified atom stereocenters. The molecule has 3 rings (SSSR count). The van der Waals surface area contributed by atoms with Crippen LogP contribution in [0.25, 0.3) is 0 Å². The Morgan fingerprint density at radius 1 is 1.37 bits per heavy atom. The number of hydrogen-bond acceptors (Lipinski definition) is 4. The zero-order valence-corrected chi connectivity index (χ0v) is 16.5. The lowest BCUT2D eigenvalue weighted by atomic mass is 9.86. The summed E-state index contributed by atoms with van der Waals surface area (Å²) < 4.78 is 37.9. The highest BCUT2D eigenvalue weighted by Crippen LogP contribution is 2.28. The van der Waals surface area contributed by atoms with Gasteiger partial charge in [-0.2, -0.15) is 18.3 Å². The van der Waals surface area contributed by atoms with Crippen molar-refractivity contribution >= 4 is 12.4 Å². The highest BCUT2D eigenvalue weighted by Gasteiger charge is 2.35. The molecule has 1 fully saturated rings. The van der Waals surface area contributed by atoms with Crippen LogP contribution >= 0.6 is 0 Å². The standard InChI is InChI=1S/C19H23F3N4O.CH2O2/c1-12-3-2-4-13(9-12)10-15(23)14-5-7-26(8-6-14)18(27)16-11-17(25-24-16)19(20,21)22;2-1-3/h2-4,9,11,14-15H,5-8,10,23H2,1H3,(H,24,25);1H,(H,2,3). The van der Waals surface area contributed by atoms with Crippen molar-refractivity contribution in [3.05, 3.63) is 52.8 Å². The smallest absolute Gasteiger partial charge is 0.432 e. The van der Waals surface area contributed by atoms with Crippen LogP contribution in [0.5, 0.6) is 0 Å². The summed E-state index contributed by atoms with van der Waals surface area (Å²) in [5, 5.41) is 12.3. The Morgan fingerprint density at radius 3 is 2.53 bits per heavy atom. The van der Waals surface area contributed by atoms with Crippen molar-refractivity contribution < 1.29 is 27.9 Å². The summed E-state index contributed by atoms with van der Waals surface area (Å²) in [4.78, 5) is 22.3. The molecule has 30 heavy (non-hydrogen) atoms. The highest BCUT2D eigenvalue weighted by atomic mass is 19.4. The van der Waals surface area contributed by atoms with Crippen molar-refractivity contribution in [3.63, 3.8) is 0 Å². The molecule has 0 bridgehead atoms. The normalized spacial score (nSPS) is 15.8. The number of likely N-dealkylation sites (tertiary alicyclic amines) is 1. The van der Waals surface area contributed by atoms with Gasteiger partial charge in [-0.15, -0.1) is 0 Å². The predicted molar refractivity (Wildman–Crippen MR) is 104 cm³/mol. The van der Waals surface area contributed by atoms with E-state index in [1.54, 1.807) is 4.90 Å². The summed E-state index contributed by atoms with van der Waals surface area (Å²) >= 11 is 0. The lowest BCUT2D eigenvalue weighted by Gasteiger charge is -2.34. The number of carboxylic acid groups (broad SMARTS) is 1. The number of nitrogens with one attached hydrogen (secondary N) is 1. The summed E-state index contributed by atoms with van der Waals surface area (Å²) in [5.74, 6) is -0.202. The van der Waals surface area contributed by atoms with Crippen molar-refractivity contribution in [2.45, 2.75) is 38.4 Å². The molecule has 0 saturated carbocycles. The molecule has 2 aromatic rings. The minimum atomic E-state index is -4.54. The van der Waals surface area contributed by atoms with Crippen LogP contribution in [0.3, 0.4) is 0 Å². The number of aromatic amines is 1. The molecule has 1 aromatic heterocycles. The van der Waals surface area contributed by atoms with E-state index < -0.39 is 17.8 Å². The number of rotatable bonds is 4. The second kappa shape index (κ2) is 10.2. The summed E-state index contributed by atoms with van der Waals surface area (Å²) in [7, 11) is 0. The number of benzene rings is 1. The van der Waals surface area contributed by atoms with Crippen molar-refractivity contribution in [1.29, 1.82) is 0 Å². The second-order valence-electron chi connectivity index (χ2n) is 7.26. The molecule has 164 valence electrons. The summed E-state index contributed by atoms with van der Waals surface area (Å²) in [6.45, 7) is 2.73. The van der Waals surface area contributed by atoms with Gasteiger partial charge < -0.3 is 15.7 Å². The first kappa shape index (κ1) is 23.4. The second-order valence-corrected chi connectivity index (χ2v) is 7.26. The third-order valence-corrected chi connectivity index (χ3v) is 5.09. The summed E-state index contributed by atoms with van der Waals surface area (Å²) in [6, 6.07) is 8.98. The average molecular weight is 426 g/mol. The number of piperidine rings is 1. The quantitative estimate of drug-likeness (QED) is 0.651. The summed E-state index contributed by atoms with van der Waals surface area (Å²) in [6.07, 6.45) is -2.31. The summed E-state index contributed by atoms with van der Waals surface area (Å²) in [5.41, 5.74) is 7.54. The number of halogens is 3. The maximum Gasteiger partial charge on any atom is 0.432 e. The number of carbonyl (C=O) groups is 2. The van der Waals surface area contributed by atoms with Crippen LogP contribution < -0.4 is 5.73 Å². The first-order valence-electron chi connectivity index (χ1n) is 9.46. The number of hydrogen-bond donors (Lipinski definition) is 3. The maximum absolute atomic E-state index is 12.6. The minimum Gasteiger partial charge on any atom is -0.483 e. The number of H-pyrrole nitrogens is 1. The van der Waals surface area contributed by atoms with E-state index in [0.717, 1.165) is 25.3 Å². The zero-order valence-electron chi connectivity index (χ0n) is 16.5. The zero-order chi connectivity index (χ0) is 22.3. The van der Waals surface area contributed by atoms with E-state index in [4.69, 9.17) is 15.6 Å². The predicted octanol–water partition coefficient (Wildman–Crippen LogP) is 2.86. The van der Waals surface area contributed by atoms with Gasteiger partial charge in [0.05, 0.1) is 0 Å². The monoisotopic (exact) mass is 426 g/mol. The van der Waals surface area contributed by atoms with Crippen LogP contribution in [0, 0.1) is 12.8 Å². The number of nitrogens with two attached hydrogens (primary N) is 1. The van der Waals surface area contributed by atoms with Crippen molar-refractivity contribution in [3.8, 4) is 0 Å². The molecule has 1 saturated heterocycles. The molecular weight excluding hydrogens is 401 g/mol. The van der Waals surface area contributed by atoms with Gasteiger partial charge in [0.25, 0.3) is 12.4 Å². The van der Waals surface area contributed by atoms with E-state index in [9.17, 15) is 18.0 Å². The fourth-order valence-corrected chi connectivity index (χ4v) is 3.55. The van der Waals surface area contributed by atoms with Crippen LogP contribution in [-0.2, 0) is 17.4 Å². The molecule has 1 amide bonds. The van der Waals surface area contributed by atoms with Gasteiger partial charge >= 0.3 is 6.18 Å². The molecule has 1 aliphatic heterocycles. The van der Waals surface area contributed by atoms with E-state index >= 15 is 0 Å². The number of carbonyl (C=O) groups excluding carboxylic acids is 1. The molecule has 7 nitrogen and oxygen atoms in total. The number of nitrogens with zero attached hydrogens (tertiary/aromatic N) is 2. The number of alkyl halides is 3. The van der Waals surface area contributed by atoms with Gasteiger partial charge in [0, 0.05) is 25.2 Å². The van der Waals surface area contributed by atoms with Crippen LogP contribution in [0.4, 0.5) is 13.2 Å². The molecule has 0 aliphatic carbocycles. The number of aromatic nitrogens is 2. The van der Waals surface area contributed by atoms with E-state index in [2.05, 4.69) is 17.2 Å². The van der Waals surface area contributed by atoms with Crippen LogP contribution in [-0.4, -0.2) is 51.7 Å². The topological polar surface area (TPSA) is 112 Å². The fraction of sp³-hybridized carbons (Fsp3) is 0.450. The molecule has 1 aromatic carbocycles. The fourth-order valence-electron chi connectivity index (χ4n) is 3.55. The Bertz CT molecular complexity index is 846. The van der Waals surface area contributed by atoms with Gasteiger partial charge in [0.1, 0.15) is 5.69 Å². The Hall–Kier alpha value is -2.88. The van der Waals surface area contributed by atoms with Crippen LogP contribution in [0.2, 0.25) is 0 Å². The van der Waals surface area contributed by atoms with Gasteiger partial charge in [0.15, 0.2) is 5.69 Å². The maximum atomic E-state index is 12.6. The number of aryl methyl sites for hydroxylation is 1. The molecule has 4 N–H and O–H groups in total. The molecule has 0 radical (unpaired) electrons. The first-order chi connectivity index (χ1) is 14.2. The van der Waals surface area contributed by atoms with E-state index in [1.165, 1.54) is 11.1 Å². The number of amides is 1. The largest absolute Gasteiger partial charge is 0.483 e. The Morgan fingerprint density at radius 2 is 2.00 bits per heavy atom. The molecule has 0 spiro atoms. The minimum absolute atomic E-state index is 0.00809. The Labute approximate surface area is 172 Å². The first-order valence-corrected chi connectivity index (χ1v) is 9.46. The SMILES string of the molecule is Cc1cccc(CC(N)C2CCN(C(=O)c3cc(C(F)(F)F)[nH]n3)CC2)c1.O=CO. The van der Waals surface area contributed by atoms with Gasteiger partial charge in [-0.25, -0.2) is 0 Å². The van der Waals surface area contributed by atoms with Gasteiger partial charge in [-0.1, -0.05) is 29.8 Å². The molecule has 1 atom stereocenters. The van der Waals surface area contributed by atoms with E-state index in [0.29, 0.717) is 13.1 Å². The lowest BCUT2D eigenvalue weighted by molar-refractivity contribution is -0.141. The van der Waals surface area contributed by atoms with Gasteiger partial charge in [-0.05, 0) is 37.7 Å². The highest BCUT2D eigenvalue weighted by molar-refractivity contribution is 5.92. The van der Waals surface area contributed by atoms with Gasteiger partial charge in [-0.3, -0.25) is 14.7 Å². The van der Waals surface area contributed by atoms with Gasteiger partial charge in [0.2, 0.25) is 0 Å². The van der Waals surface area contributed by atoms with E-state index in [1.807, 2.05) is 24.2 Å². The average Bonchev–Trinajstić information content (AvgIpc) is 3.19. The van der Waals surface area contributed by atoms with Crippen LogP contribution in [0.1, 0.15) is 40.2 Å². The third-order valence-electron chi connectivity index (χ3n) is 5.09.